The third kappa shape index (κ3) is 5.22. The van der Waals surface area contributed by atoms with Crippen molar-refractivity contribution in [2.45, 2.75) is 17.9 Å². The molecule has 0 unspecified atom stereocenters. The number of rotatable bonds is 7. The molecule has 0 saturated heterocycles. The molecule has 0 radical (unpaired) electrons. The lowest BCUT2D eigenvalue weighted by molar-refractivity contribution is 0.310. The third-order valence-electron chi connectivity index (χ3n) is 2.56. The van der Waals surface area contributed by atoms with E-state index in [9.17, 15) is 0 Å². The second kappa shape index (κ2) is 7.69. The molecule has 1 aromatic carbocycles. The zero-order valence-corrected chi connectivity index (χ0v) is 11.6. The van der Waals surface area contributed by atoms with Crippen LogP contribution in [0.25, 0.3) is 0 Å². The minimum Gasteiger partial charge on any atom is -0.494 e. The van der Waals surface area contributed by atoms with Crippen LogP contribution in [0.15, 0.2) is 53.7 Å². The van der Waals surface area contributed by atoms with Crippen molar-refractivity contribution in [1.82, 2.24) is 4.98 Å². The van der Waals surface area contributed by atoms with Crippen LogP contribution in [0, 0.1) is 0 Å². The molecule has 1 aromatic heterocycles. The maximum atomic E-state index is 5.63. The molecule has 4 heteroatoms. The van der Waals surface area contributed by atoms with Crippen LogP contribution in [-0.2, 0) is 0 Å². The van der Waals surface area contributed by atoms with E-state index in [2.05, 4.69) is 4.98 Å². The van der Waals surface area contributed by atoms with E-state index < -0.39 is 0 Å². The number of anilines is 1. The number of nitrogen functional groups attached to an aromatic ring is 1. The van der Waals surface area contributed by atoms with Gasteiger partial charge in [-0.05, 0) is 42.9 Å². The number of hydrogen-bond acceptors (Lipinski definition) is 4. The zero-order chi connectivity index (χ0) is 13.3. The molecule has 1 heterocycles. The summed E-state index contributed by atoms with van der Waals surface area (Å²) < 4.78 is 5.63. The highest BCUT2D eigenvalue weighted by molar-refractivity contribution is 7.99. The summed E-state index contributed by atoms with van der Waals surface area (Å²) in [6, 6.07) is 13.8. The topological polar surface area (TPSA) is 48.1 Å². The normalized spacial score (nSPS) is 10.3. The summed E-state index contributed by atoms with van der Waals surface area (Å²) in [4.78, 5) is 4.25. The summed E-state index contributed by atoms with van der Waals surface area (Å²) in [5.41, 5.74) is 6.30. The first-order chi connectivity index (χ1) is 9.34. The van der Waals surface area contributed by atoms with Gasteiger partial charge in [-0.15, -0.1) is 11.8 Å². The van der Waals surface area contributed by atoms with Crippen LogP contribution in [0.4, 0.5) is 5.69 Å². The number of ether oxygens (including phenoxy) is 1. The number of nitrogens with two attached hydrogens (primary N) is 1. The molecule has 0 aliphatic rings. The first-order valence-electron chi connectivity index (χ1n) is 6.37. The molecule has 0 amide bonds. The van der Waals surface area contributed by atoms with Crippen molar-refractivity contribution in [2.24, 2.45) is 0 Å². The van der Waals surface area contributed by atoms with Gasteiger partial charge in [-0.1, -0.05) is 18.2 Å². The van der Waals surface area contributed by atoms with Crippen molar-refractivity contribution in [3.63, 3.8) is 0 Å². The number of pyridine rings is 1. The number of aromatic nitrogens is 1. The molecular weight excluding hydrogens is 256 g/mol. The molecular formula is C15H18N2OS. The standard InChI is InChI=1S/C15H18N2OS/c16-13-8-9-15(17-12-13)19-11-5-4-10-18-14-6-2-1-3-7-14/h1-3,6-9,12H,4-5,10-11,16H2. The Morgan fingerprint density at radius 3 is 2.63 bits per heavy atom. The summed E-state index contributed by atoms with van der Waals surface area (Å²) in [6.07, 6.45) is 3.86. The van der Waals surface area contributed by atoms with Crippen molar-refractivity contribution in [3.8, 4) is 5.75 Å². The fourth-order valence-electron chi connectivity index (χ4n) is 1.56. The minimum atomic E-state index is 0.709. The molecule has 0 aliphatic heterocycles. The van der Waals surface area contributed by atoms with E-state index in [0.717, 1.165) is 36.0 Å². The van der Waals surface area contributed by atoms with Gasteiger partial charge in [-0.2, -0.15) is 0 Å². The Balaban J connectivity index is 1.56. The lowest BCUT2D eigenvalue weighted by Crippen LogP contribution is -1.97. The van der Waals surface area contributed by atoms with E-state index in [0.29, 0.717) is 5.69 Å². The summed E-state index contributed by atoms with van der Waals surface area (Å²) in [5.74, 6) is 1.99. The second-order valence-corrected chi connectivity index (χ2v) is 5.26. The molecule has 0 spiro atoms. The maximum absolute atomic E-state index is 5.63. The number of thioether (sulfide) groups is 1. The molecule has 100 valence electrons. The van der Waals surface area contributed by atoms with Gasteiger partial charge in [-0.25, -0.2) is 4.98 Å². The Morgan fingerprint density at radius 2 is 1.89 bits per heavy atom. The lowest BCUT2D eigenvalue weighted by Gasteiger charge is -2.05. The largest absolute Gasteiger partial charge is 0.494 e. The van der Waals surface area contributed by atoms with Crippen LogP contribution in [0.3, 0.4) is 0 Å². The van der Waals surface area contributed by atoms with Crippen molar-refractivity contribution in [3.05, 3.63) is 48.7 Å². The van der Waals surface area contributed by atoms with Crippen LogP contribution in [0.5, 0.6) is 5.75 Å². The molecule has 0 bridgehead atoms. The molecule has 0 atom stereocenters. The molecule has 19 heavy (non-hydrogen) atoms. The monoisotopic (exact) mass is 274 g/mol. The van der Waals surface area contributed by atoms with Crippen LogP contribution in [0.2, 0.25) is 0 Å². The van der Waals surface area contributed by atoms with E-state index in [4.69, 9.17) is 10.5 Å². The summed E-state index contributed by atoms with van der Waals surface area (Å²) in [6.45, 7) is 0.764. The van der Waals surface area contributed by atoms with Gasteiger partial charge in [0.15, 0.2) is 0 Å². The predicted octanol–water partition coefficient (Wildman–Crippen LogP) is 3.62. The number of unbranched alkanes of at least 4 members (excludes halogenated alkanes) is 1. The zero-order valence-electron chi connectivity index (χ0n) is 10.8. The predicted molar refractivity (Wildman–Crippen MR) is 80.5 cm³/mol. The Kier molecular flexibility index (Phi) is 5.56. The van der Waals surface area contributed by atoms with Crippen molar-refractivity contribution in [2.75, 3.05) is 18.1 Å². The second-order valence-electron chi connectivity index (χ2n) is 4.15. The van der Waals surface area contributed by atoms with Crippen LogP contribution >= 0.6 is 11.8 Å². The first-order valence-corrected chi connectivity index (χ1v) is 7.35. The minimum absolute atomic E-state index is 0.709. The smallest absolute Gasteiger partial charge is 0.119 e. The number of hydrogen-bond donors (Lipinski definition) is 1. The van der Waals surface area contributed by atoms with Gasteiger partial charge in [0.2, 0.25) is 0 Å². The summed E-state index contributed by atoms with van der Waals surface area (Å²) in [5, 5.41) is 1.03. The van der Waals surface area contributed by atoms with Crippen molar-refractivity contribution < 1.29 is 4.74 Å². The number of benzene rings is 1. The summed E-state index contributed by atoms with van der Waals surface area (Å²) in [7, 11) is 0. The van der Waals surface area contributed by atoms with Gasteiger partial charge in [-0.3, -0.25) is 0 Å². The van der Waals surface area contributed by atoms with E-state index in [1.165, 1.54) is 0 Å². The van der Waals surface area contributed by atoms with Gasteiger partial charge in [0, 0.05) is 0 Å². The number of nitrogens with zero attached hydrogens (tertiary/aromatic N) is 1. The van der Waals surface area contributed by atoms with Gasteiger partial charge >= 0.3 is 0 Å². The molecule has 2 N–H and O–H groups in total. The van der Waals surface area contributed by atoms with Crippen LogP contribution in [-0.4, -0.2) is 17.3 Å². The van der Waals surface area contributed by atoms with Crippen LogP contribution in [0.1, 0.15) is 12.8 Å². The third-order valence-corrected chi connectivity index (χ3v) is 3.59. The Bertz CT molecular complexity index is 473. The average molecular weight is 274 g/mol. The number of para-hydroxylation sites is 1. The highest BCUT2D eigenvalue weighted by atomic mass is 32.2. The van der Waals surface area contributed by atoms with Crippen molar-refractivity contribution in [1.29, 1.82) is 0 Å². The van der Waals surface area contributed by atoms with E-state index in [-0.39, 0.29) is 0 Å². The van der Waals surface area contributed by atoms with Gasteiger partial charge in [0.25, 0.3) is 0 Å². The fourth-order valence-corrected chi connectivity index (χ4v) is 2.41. The van der Waals surface area contributed by atoms with Gasteiger partial charge in [0.1, 0.15) is 5.75 Å². The average Bonchev–Trinajstić information content (AvgIpc) is 2.46. The lowest BCUT2D eigenvalue weighted by atomic mass is 10.3. The van der Waals surface area contributed by atoms with E-state index in [1.54, 1.807) is 18.0 Å². The SMILES string of the molecule is Nc1ccc(SCCCCOc2ccccc2)nc1. The van der Waals surface area contributed by atoms with Gasteiger partial charge in [0.05, 0.1) is 23.5 Å². The van der Waals surface area contributed by atoms with E-state index >= 15 is 0 Å². The highest BCUT2D eigenvalue weighted by Crippen LogP contribution is 2.17. The Labute approximate surface area is 118 Å². The molecule has 2 rings (SSSR count). The molecule has 0 saturated carbocycles. The molecule has 0 fully saturated rings. The first kappa shape index (κ1) is 13.7. The molecule has 3 nitrogen and oxygen atoms in total. The maximum Gasteiger partial charge on any atom is 0.119 e. The Hall–Kier alpha value is -1.68. The van der Waals surface area contributed by atoms with Gasteiger partial charge < -0.3 is 10.5 Å². The van der Waals surface area contributed by atoms with Crippen molar-refractivity contribution >= 4 is 17.4 Å². The fraction of sp³-hybridized carbons (Fsp3) is 0.267. The van der Waals surface area contributed by atoms with E-state index in [1.807, 2.05) is 42.5 Å². The summed E-state index contributed by atoms with van der Waals surface area (Å²) >= 11 is 1.75. The quantitative estimate of drug-likeness (QED) is 0.619. The Morgan fingerprint density at radius 1 is 1.05 bits per heavy atom. The highest BCUT2D eigenvalue weighted by Gasteiger charge is 1.96. The molecule has 0 aliphatic carbocycles. The molecule has 2 aromatic rings. The van der Waals surface area contributed by atoms with Crippen LogP contribution < -0.4 is 10.5 Å².